The van der Waals surface area contributed by atoms with E-state index in [1.165, 1.54) is 0 Å². The van der Waals surface area contributed by atoms with Gasteiger partial charge in [-0.1, -0.05) is 42.5 Å². The second-order valence-corrected chi connectivity index (χ2v) is 5.89. The number of aromatic nitrogens is 2. The highest BCUT2D eigenvalue weighted by Gasteiger charge is 2.28. The summed E-state index contributed by atoms with van der Waals surface area (Å²) in [6.07, 6.45) is 1.72. The van der Waals surface area contributed by atoms with Gasteiger partial charge in [0.1, 0.15) is 5.69 Å². The first-order chi connectivity index (χ1) is 11.3. The Morgan fingerprint density at radius 3 is 2.52 bits per heavy atom. The van der Waals surface area contributed by atoms with Crippen molar-refractivity contribution in [1.29, 1.82) is 0 Å². The summed E-state index contributed by atoms with van der Waals surface area (Å²) >= 11 is 0. The maximum Gasteiger partial charge on any atom is 0.212 e. The number of carbonyl (C=O) groups excluding carboxylic acids is 1. The molecule has 2 heterocycles. The summed E-state index contributed by atoms with van der Waals surface area (Å²) in [5, 5.41) is 2.98. The van der Waals surface area contributed by atoms with Crippen LogP contribution in [0.1, 0.15) is 21.6 Å². The van der Waals surface area contributed by atoms with E-state index >= 15 is 0 Å². The third-order valence-corrected chi connectivity index (χ3v) is 4.58. The van der Waals surface area contributed by atoms with Crippen LogP contribution in [0.4, 0.5) is 0 Å². The van der Waals surface area contributed by atoms with Gasteiger partial charge in [-0.15, -0.1) is 0 Å². The van der Waals surface area contributed by atoms with Crippen LogP contribution in [0.3, 0.4) is 0 Å². The normalized spacial score (nSPS) is 12.7. The summed E-state index contributed by atoms with van der Waals surface area (Å²) in [5.41, 5.74) is 5.06. The fraction of sp³-hybridized carbons (Fsp3) is 0.0500. The minimum absolute atomic E-state index is 0.0208. The number of hydrogen-bond donors (Lipinski definition) is 0. The van der Waals surface area contributed by atoms with E-state index in [0.29, 0.717) is 11.3 Å². The van der Waals surface area contributed by atoms with Gasteiger partial charge >= 0.3 is 0 Å². The summed E-state index contributed by atoms with van der Waals surface area (Å²) in [4.78, 5) is 22.1. The van der Waals surface area contributed by atoms with E-state index in [2.05, 4.69) is 24.0 Å². The quantitative estimate of drug-likeness (QED) is 0.400. The average molecular weight is 296 g/mol. The lowest BCUT2D eigenvalue weighted by atomic mass is 9.87. The predicted molar refractivity (Wildman–Crippen MR) is 90.6 cm³/mol. The Kier molecular flexibility index (Phi) is 2.29. The molecule has 23 heavy (non-hydrogen) atoms. The first-order valence-corrected chi connectivity index (χ1v) is 7.58. The Balaban J connectivity index is 2.11. The number of ketones is 1. The zero-order chi connectivity index (χ0) is 15.6. The topological polar surface area (TPSA) is 42.9 Å². The van der Waals surface area contributed by atoms with Gasteiger partial charge in [0.25, 0.3) is 0 Å². The van der Waals surface area contributed by atoms with Crippen LogP contribution in [-0.4, -0.2) is 15.8 Å². The van der Waals surface area contributed by atoms with Crippen LogP contribution in [0.25, 0.3) is 32.9 Å². The molecular weight excluding hydrogens is 284 g/mol. The number of rotatable bonds is 0. The van der Waals surface area contributed by atoms with E-state index in [9.17, 15) is 4.79 Å². The van der Waals surface area contributed by atoms with Crippen LogP contribution in [0, 0.1) is 6.92 Å². The Morgan fingerprint density at radius 1 is 0.826 bits per heavy atom. The number of para-hydroxylation sites is 1. The smallest absolute Gasteiger partial charge is 0.212 e. The molecule has 0 atom stereocenters. The van der Waals surface area contributed by atoms with E-state index < -0.39 is 0 Å². The second kappa shape index (κ2) is 4.23. The lowest BCUT2D eigenvalue weighted by molar-refractivity contribution is 0.103. The van der Waals surface area contributed by atoms with Gasteiger partial charge in [0.05, 0.1) is 11.2 Å². The fourth-order valence-corrected chi connectivity index (χ4v) is 3.50. The van der Waals surface area contributed by atoms with Crippen molar-refractivity contribution in [1.82, 2.24) is 9.97 Å². The van der Waals surface area contributed by atoms with Gasteiger partial charge in [0.2, 0.25) is 5.78 Å². The molecule has 0 saturated carbocycles. The van der Waals surface area contributed by atoms with Gasteiger partial charge in [0.15, 0.2) is 0 Å². The molecule has 3 heteroatoms. The van der Waals surface area contributed by atoms with E-state index in [1.807, 2.05) is 36.4 Å². The number of nitrogens with zero attached hydrogens (tertiary/aromatic N) is 2. The van der Waals surface area contributed by atoms with Crippen molar-refractivity contribution in [3.63, 3.8) is 0 Å². The molecule has 0 spiro atoms. The van der Waals surface area contributed by atoms with Crippen LogP contribution >= 0.6 is 0 Å². The minimum atomic E-state index is -0.0208. The van der Waals surface area contributed by atoms with Crippen molar-refractivity contribution >= 4 is 27.5 Å². The van der Waals surface area contributed by atoms with Gasteiger partial charge < -0.3 is 0 Å². The summed E-state index contributed by atoms with van der Waals surface area (Å²) in [5.74, 6) is -0.0208. The first-order valence-electron chi connectivity index (χ1n) is 7.58. The highest BCUT2D eigenvalue weighted by atomic mass is 16.1. The largest absolute Gasteiger partial charge is 0.287 e. The minimum Gasteiger partial charge on any atom is -0.287 e. The monoisotopic (exact) mass is 296 g/mol. The first kappa shape index (κ1) is 12.5. The fourth-order valence-electron chi connectivity index (χ4n) is 3.50. The summed E-state index contributed by atoms with van der Waals surface area (Å²) in [7, 11) is 0. The standard InChI is InChI=1S/C20H12N2O/c1-11-5-4-8-13-12-9-10-21-19-16(12)18(22-17(11)13)14-6-2-3-7-15(14)20(19)23/h2-10H,1H3. The Bertz CT molecular complexity index is 1150. The SMILES string of the molecule is Cc1cccc2c1nc1c3c(nccc32)C(=O)c2ccccc2-1. The number of fused-ring (bicyclic) bond motifs is 4. The molecule has 5 rings (SSSR count). The highest BCUT2D eigenvalue weighted by molar-refractivity contribution is 6.27. The predicted octanol–water partition coefficient (Wildman–Crippen LogP) is 4.30. The molecule has 108 valence electrons. The van der Waals surface area contributed by atoms with Gasteiger partial charge in [-0.25, -0.2) is 4.98 Å². The molecule has 0 N–H and O–H groups in total. The van der Waals surface area contributed by atoms with Crippen molar-refractivity contribution in [3.05, 3.63) is 71.5 Å². The molecule has 0 unspecified atom stereocenters. The molecule has 3 nitrogen and oxygen atoms in total. The average Bonchev–Trinajstić information content (AvgIpc) is 2.60. The van der Waals surface area contributed by atoms with Crippen molar-refractivity contribution in [2.24, 2.45) is 0 Å². The van der Waals surface area contributed by atoms with E-state index in [1.54, 1.807) is 6.20 Å². The molecule has 2 aromatic carbocycles. The third-order valence-electron chi connectivity index (χ3n) is 4.58. The van der Waals surface area contributed by atoms with Crippen molar-refractivity contribution < 1.29 is 4.79 Å². The van der Waals surface area contributed by atoms with Crippen LogP contribution < -0.4 is 0 Å². The molecule has 0 aliphatic heterocycles. The highest BCUT2D eigenvalue weighted by Crippen LogP contribution is 2.40. The molecule has 2 aromatic heterocycles. The molecule has 0 fully saturated rings. The zero-order valence-corrected chi connectivity index (χ0v) is 12.5. The van der Waals surface area contributed by atoms with Crippen LogP contribution in [0.15, 0.2) is 54.7 Å². The molecule has 0 saturated heterocycles. The Hall–Kier alpha value is -3.07. The Labute approximate surface area is 132 Å². The lowest BCUT2D eigenvalue weighted by Crippen LogP contribution is -2.13. The third kappa shape index (κ3) is 1.51. The molecule has 0 radical (unpaired) electrons. The van der Waals surface area contributed by atoms with Crippen molar-refractivity contribution in [2.75, 3.05) is 0 Å². The van der Waals surface area contributed by atoms with Crippen LogP contribution in [-0.2, 0) is 0 Å². The maximum atomic E-state index is 12.8. The number of aryl methyl sites for hydroxylation is 1. The van der Waals surface area contributed by atoms with Gasteiger partial charge in [-0.05, 0) is 23.9 Å². The molecular formula is C20H12N2O. The molecule has 0 bridgehead atoms. The number of carbonyl (C=O) groups is 1. The van der Waals surface area contributed by atoms with Gasteiger partial charge in [-0.3, -0.25) is 9.78 Å². The summed E-state index contributed by atoms with van der Waals surface area (Å²) in [6, 6.07) is 15.8. The number of pyridine rings is 2. The molecule has 1 aliphatic rings. The zero-order valence-electron chi connectivity index (χ0n) is 12.5. The second-order valence-electron chi connectivity index (χ2n) is 5.89. The van der Waals surface area contributed by atoms with E-state index in [0.717, 1.165) is 38.5 Å². The van der Waals surface area contributed by atoms with Crippen molar-refractivity contribution in [3.8, 4) is 11.3 Å². The maximum absolute atomic E-state index is 12.8. The van der Waals surface area contributed by atoms with E-state index in [-0.39, 0.29) is 5.78 Å². The van der Waals surface area contributed by atoms with Crippen molar-refractivity contribution in [2.45, 2.75) is 6.92 Å². The van der Waals surface area contributed by atoms with E-state index in [4.69, 9.17) is 4.98 Å². The number of benzene rings is 2. The number of hydrogen-bond acceptors (Lipinski definition) is 3. The summed E-state index contributed by atoms with van der Waals surface area (Å²) in [6.45, 7) is 2.07. The summed E-state index contributed by atoms with van der Waals surface area (Å²) < 4.78 is 0. The van der Waals surface area contributed by atoms with Crippen LogP contribution in [0.2, 0.25) is 0 Å². The molecule has 0 amide bonds. The lowest BCUT2D eigenvalue weighted by Gasteiger charge is -2.19. The Morgan fingerprint density at radius 2 is 1.65 bits per heavy atom. The van der Waals surface area contributed by atoms with Gasteiger partial charge in [-0.2, -0.15) is 0 Å². The van der Waals surface area contributed by atoms with Crippen LogP contribution in [0.5, 0.6) is 0 Å². The molecule has 4 aromatic rings. The molecule has 1 aliphatic carbocycles. The van der Waals surface area contributed by atoms with Gasteiger partial charge in [0, 0.05) is 28.1 Å².